The number of rotatable bonds is 8. The average molecular weight is 349 g/mol. The lowest BCUT2D eigenvalue weighted by atomic mass is 10.1. The van der Waals surface area contributed by atoms with Gasteiger partial charge in [0.15, 0.2) is 5.96 Å². The smallest absolute Gasteiger partial charge is 0.191 e. The largest absolute Gasteiger partial charge is 0.367 e. The summed E-state index contributed by atoms with van der Waals surface area (Å²) in [5.74, 6) is 1.75. The summed E-state index contributed by atoms with van der Waals surface area (Å²) in [4.78, 5) is 7.18. The van der Waals surface area contributed by atoms with Crippen molar-refractivity contribution in [3.63, 3.8) is 0 Å². The fourth-order valence-corrected chi connectivity index (χ4v) is 3.27. The fraction of sp³-hybridized carbons (Fsp3) is 0.789. The molecule has 142 valence electrons. The van der Waals surface area contributed by atoms with Crippen LogP contribution < -0.4 is 15.5 Å². The van der Waals surface area contributed by atoms with Gasteiger partial charge in [-0.15, -0.1) is 0 Å². The summed E-state index contributed by atoms with van der Waals surface area (Å²) in [6.07, 6.45) is 10.2. The molecule has 2 rings (SSSR count). The lowest BCUT2D eigenvalue weighted by Gasteiger charge is -2.34. The summed E-state index contributed by atoms with van der Waals surface area (Å²) in [6, 6.07) is 0.433. The molecule has 6 heteroatoms. The number of hydrogen-bond donors (Lipinski definition) is 2. The van der Waals surface area contributed by atoms with Crippen LogP contribution in [0.4, 0.5) is 5.69 Å². The van der Waals surface area contributed by atoms with Crippen molar-refractivity contribution in [3.8, 4) is 0 Å². The lowest BCUT2D eigenvalue weighted by molar-refractivity contribution is 0.467. The minimum Gasteiger partial charge on any atom is -0.367 e. The maximum atomic E-state index is 4.77. The van der Waals surface area contributed by atoms with Gasteiger partial charge in [-0.1, -0.05) is 26.7 Å². The van der Waals surface area contributed by atoms with Crippen LogP contribution in [0.3, 0.4) is 0 Å². The highest BCUT2D eigenvalue weighted by Crippen LogP contribution is 2.18. The highest BCUT2D eigenvalue weighted by Gasteiger charge is 2.21. The molecule has 1 aliphatic rings. The van der Waals surface area contributed by atoms with Gasteiger partial charge in [0.25, 0.3) is 0 Å². The topological polar surface area (TPSA) is 57.5 Å². The van der Waals surface area contributed by atoms with Gasteiger partial charge in [-0.3, -0.25) is 9.67 Å². The van der Waals surface area contributed by atoms with E-state index in [4.69, 9.17) is 4.99 Å². The molecule has 0 amide bonds. The van der Waals surface area contributed by atoms with E-state index in [-0.39, 0.29) is 0 Å². The second-order valence-corrected chi connectivity index (χ2v) is 7.45. The molecule has 1 aromatic rings. The summed E-state index contributed by atoms with van der Waals surface area (Å²) in [5.41, 5.74) is 1.21. The molecule has 1 atom stereocenters. The second kappa shape index (κ2) is 10.3. The second-order valence-electron chi connectivity index (χ2n) is 7.45. The average Bonchev–Trinajstić information content (AvgIpc) is 3.01. The molecule has 1 aliphatic heterocycles. The van der Waals surface area contributed by atoms with Crippen LogP contribution in [0.2, 0.25) is 0 Å². The predicted octanol–water partition coefficient (Wildman–Crippen LogP) is 2.77. The third-order valence-electron chi connectivity index (χ3n) is 4.62. The monoisotopic (exact) mass is 348 g/mol. The molecule has 25 heavy (non-hydrogen) atoms. The number of hydrogen-bond acceptors (Lipinski definition) is 3. The number of anilines is 1. The maximum absolute atomic E-state index is 4.77. The van der Waals surface area contributed by atoms with E-state index in [9.17, 15) is 0 Å². The Hall–Kier alpha value is -1.72. The van der Waals surface area contributed by atoms with Gasteiger partial charge in [0, 0.05) is 45.5 Å². The first kappa shape index (κ1) is 19.6. The van der Waals surface area contributed by atoms with Crippen molar-refractivity contribution in [2.75, 3.05) is 31.1 Å². The minimum absolute atomic E-state index is 0.433. The molecule has 6 nitrogen and oxygen atoms in total. The first-order valence-electron chi connectivity index (χ1n) is 9.87. The van der Waals surface area contributed by atoms with Gasteiger partial charge < -0.3 is 15.5 Å². The maximum Gasteiger partial charge on any atom is 0.191 e. The number of piperidine rings is 1. The molecule has 1 unspecified atom stereocenters. The number of aliphatic imine (C=N–C) groups is 1. The van der Waals surface area contributed by atoms with Crippen LogP contribution in [0.25, 0.3) is 0 Å². The first-order valence-corrected chi connectivity index (χ1v) is 9.87. The van der Waals surface area contributed by atoms with Gasteiger partial charge in [-0.2, -0.15) is 5.10 Å². The van der Waals surface area contributed by atoms with E-state index < -0.39 is 0 Å². The van der Waals surface area contributed by atoms with Crippen LogP contribution in [0, 0.1) is 5.92 Å². The molecule has 0 saturated carbocycles. The van der Waals surface area contributed by atoms with Gasteiger partial charge in [0.2, 0.25) is 0 Å². The van der Waals surface area contributed by atoms with Gasteiger partial charge in [-0.25, -0.2) is 0 Å². The van der Waals surface area contributed by atoms with E-state index >= 15 is 0 Å². The van der Waals surface area contributed by atoms with Crippen molar-refractivity contribution in [2.24, 2.45) is 18.0 Å². The van der Waals surface area contributed by atoms with Gasteiger partial charge in [0.1, 0.15) is 0 Å². The SMILES string of the molecule is CCNC(=NCCCCC(C)C)NC1CCCN(c2cnn(C)c2)C1. The van der Waals surface area contributed by atoms with Crippen LogP contribution in [-0.2, 0) is 7.05 Å². The molecule has 2 heterocycles. The molecule has 2 N–H and O–H groups in total. The van der Waals surface area contributed by atoms with Gasteiger partial charge >= 0.3 is 0 Å². The number of aryl methyl sites for hydroxylation is 1. The Morgan fingerprint density at radius 3 is 2.92 bits per heavy atom. The summed E-state index contributed by atoms with van der Waals surface area (Å²) in [5, 5.41) is 11.3. The number of unbranched alkanes of at least 4 members (excludes halogenated alkanes) is 1. The minimum atomic E-state index is 0.433. The van der Waals surface area contributed by atoms with Crippen LogP contribution in [0.1, 0.15) is 52.9 Å². The molecule has 0 bridgehead atoms. The Kier molecular flexibility index (Phi) is 8.09. The van der Waals surface area contributed by atoms with E-state index in [1.54, 1.807) is 0 Å². The zero-order valence-electron chi connectivity index (χ0n) is 16.5. The van der Waals surface area contributed by atoms with Crippen molar-refractivity contribution >= 4 is 11.6 Å². The summed E-state index contributed by atoms with van der Waals surface area (Å²) >= 11 is 0. The Labute approximate surface area is 153 Å². The molecular formula is C19H36N6. The first-order chi connectivity index (χ1) is 12.1. The predicted molar refractivity (Wildman–Crippen MR) is 106 cm³/mol. The standard InChI is InChI=1S/C19H36N6/c1-5-20-19(21-11-7-6-9-16(2)3)23-17-10-8-12-25(14-17)18-13-22-24(4)15-18/h13,15-17H,5-12,14H2,1-4H3,(H2,20,21,23). The molecular weight excluding hydrogens is 312 g/mol. The highest BCUT2D eigenvalue weighted by atomic mass is 15.3. The van der Waals surface area contributed by atoms with Crippen molar-refractivity contribution in [3.05, 3.63) is 12.4 Å². The fourth-order valence-electron chi connectivity index (χ4n) is 3.27. The Balaban J connectivity index is 1.83. The molecule has 1 saturated heterocycles. The molecule has 0 aliphatic carbocycles. The van der Waals surface area contributed by atoms with E-state index in [1.165, 1.54) is 37.8 Å². The van der Waals surface area contributed by atoms with Gasteiger partial charge in [0.05, 0.1) is 11.9 Å². The Morgan fingerprint density at radius 2 is 2.24 bits per heavy atom. The lowest BCUT2D eigenvalue weighted by Crippen LogP contribution is -2.51. The summed E-state index contributed by atoms with van der Waals surface area (Å²) in [6.45, 7) is 10.6. The molecule has 0 aromatic carbocycles. The molecule has 0 spiro atoms. The third kappa shape index (κ3) is 6.96. The van der Waals surface area contributed by atoms with Crippen molar-refractivity contribution in [1.29, 1.82) is 0 Å². The van der Waals surface area contributed by atoms with E-state index in [0.29, 0.717) is 6.04 Å². The summed E-state index contributed by atoms with van der Waals surface area (Å²) in [7, 11) is 1.97. The van der Waals surface area contributed by atoms with E-state index in [0.717, 1.165) is 38.1 Å². The third-order valence-corrected chi connectivity index (χ3v) is 4.62. The van der Waals surface area contributed by atoms with Crippen molar-refractivity contribution < 1.29 is 0 Å². The number of guanidine groups is 1. The molecule has 0 radical (unpaired) electrons. The normalized spacial score (nSPS) is 18.7. The van der Waals surface area contributed by atoms with Crippen LogP contribution in [-0.4, -0.2) is 48.0 Å². The summed E-state index contributed by atoms with van der Waals surface area (Å²) < 4.78 is 1.87. The van der Waals surface area contributed by atoms with Crippen LogP contribution in [0.15, 0.2) is 17.4 Å². The van der Waals surface area contributed by atoms with E-state index in [1.807, 2.05) is 17.9 Å². The highest BCUT2D eigenvalue weighted by molar-refractivity contribution is 5.80. The van der Waals surface area contributed by atoms with Crippen molar-refractivity contribution in [1.82, 2.24) is 20.4 Å². The molecule has 1 aromatic heterocycles. The van der Waals surface area contributed by atoms with Crippen LogP contribution in [0.5, 0.6) is 0 Å². The number of aromatic nitrogens is 2. The number of nitrogens with one attached hydrogen (secondary N) is 2. The zero-order valence-corrected chi connectivity index (χ0v) is 16.5. The van der Waals surface area contributed by atoms with Crippen molar-refractivity contribution in [2.45, 2.75) is 58.9 Å². The van der Waals surface area contributed by atoms with Gasteiger partial charge in [-0.05, 0) is 32.1 Å². The van der Waals surface area contributed by atoms with Crippen LogP contribution >= 0.6 is 0 Å². The van der Waals surface area contributed by atoms with E-state index in [2.05, 4.69) is 47.6 Å². The molecule has 1 fully saturated rings. The zero-order chi connectivity index (χ0) is 18.1. The Morgan fingerprint density at radius 1 is 1.40 bits per heavy atom. The quantitative estimate of drug-likeness (QED) is 0.431. The number of nitrogens with zero attached hydrogens (tertiary/aromatic N) is 4. The Bertz CT molecular complexity index is 522.